The van der Waals surface area contributed by atoms with Crippen molar-refractivity contribution >= 4 is 5.91 Å². The first kappa shape index (κ1) is 24.3. The highest BCUT2D eigenvalue weighted by Gasteiger charge is 2.34. The molecule has 0 saturated carbocycles. The highest BCUT2D eigenvalue weighted by atomic mass is 19.4. The molecule has 2 heterocycles. The molecule has 0 radical (unpaired) electrons. The molecule has 0 bridgehead atoms. The molecule has 8 nitrogen and oxygen atoms in total. The van der Waals surface area contributed by atoms with Crippen LogP contribution in [0, 0.1) is 22.7 Å². The maximum Gasteiger partial charge on any atom is 0.416 e. The molecule has 1 atom stereocenters. The molecule has 1 unspecified atom stereocenters. The van der Waals surface area contributed by atoms with Crippen LogP contribution in [0.3, 0.4) is 0 Å². The number of nitriles is 2. The number of halogens is 3. The third-order valence-corrected chi connectivity index (χ3v) is 5.02. The van der Waals surface area contributed by atoms with Crippen molar-refractivity contribution in [1.82, 2.24) is 25.3 Å². The summed E-state index contributed by atoms with van der Waals surface area (Å²) < 4.78 is 40.4. The van der Waals surface area contributed by atoms with Gasteiger partial charge in [0.1, 0.15) is 17.5 Å². The van der Waals surface area contributed by atoms with Crippen LogP contribution in [0.15, 0.2) is 43.0 Å². The van der Waals surface area contributed by atoms with Gasteiger partial charge in [0.15, 0.2) is 5.69 Å². The van der Waals surface area contributed by atoms with Gasteiger partial charge in [-0.1, -0.05) is 0 Å². The Morgan fingerprint density at radius 2 is 1.68 bits per heavy atom. The van der Waals surface area contributed by atoms with Gasteiger partial charge in [-0.05, 0) is 44.5 Å². The van der Waals surface area contributed by atoms with E-state index in [0.29, 0.717) is 17.1 Å². The van der Waals surface area contributed by atoms with Gasteiger partial charge in [-0.3, -0.25) is 14.8 Å². The van der Waals surface area contributed by atoms with Crippen LogP contribution in [-0.2, 0) is 11.6 Å². The summed E-state index contributed by atoms with van der Waals surface area (Å²) in [6.07, 6.45) is 0.711. The quantitative estimate of drug-likeness (QED) is 0.600. The number of carbonyl (C=O) groups is 1. The van der Waals surface area contributed by atoms with Gasteiger partial charge in [-0.2, -0.15) is 23.7 Å². The van der Waals surface area contributed by atoms with E-state index in [-0.39, 0.29) is 16.8 Å². The third kappa shape index (κ3) is 5.15. The topological polar surface area (TPSA) is 128 Å². The van der Waals surface area contributed by atoms with Crippen LogP contribution in [0.1, 0.15) is 59.7 Å². The Bertz CT molecular complexity index is 1310. The van der Waals surface area contributed by atoms with Gasteiger partial charge in [0, 0.05) is 18.0 Å². The average molecular weight is 465 g/mol. The van der Waals surface area contributed by atoms with Crippen molar-refractivity contribution in [3.05, 3.63) is 71.1 Å². The Labute approximate surface area is 193 Å². The summed E-state index contributed by atoms with van der Waals surface area (Å²) in [6.45, 7) is 4.53. The first-order valence-electron chi connectivity index (χ1n) is 9.94. The molecule has 0 aliphatic carbocycles. The van der Waals surface area contributed by atoms with Gasteiger partial charge in [0.05, 0.1) is 41.2 Å². The van der Waals surface area contributed by atoms with Gasteiger partial charge in [0.2, 0.25) is 0 Å². The monoisotopic (exact) mass is 465 g/mol. The van der Waals surface area contributed by atoms with E-state index in [1.807, 2.05) is 12.1 Å². The molecule has 0 fully saturated rings. The van der Waals surface area contributed by atoms with E-state index in [4.69, 9.17) is 5.26 Å². The number of benzene rings is 1. The lowest BCUT2D eigenvalue weighted by atomic mass is 9.84. The number of nitrogens with one attached hydrogen (secondary N) is 1. The second-order valence-electron chi connectivity index (χ2n) is 7.92. The fraction of sp³-hybridized carbons (Fsp3) is 0.261. The average Bonchev–Trinajstić information content (AvgIpc) is 2.83. The Balaban J connectivity index is 1.96. The minimum absolute atomic E-state index is 0.0654. The minimum atomic E-state index is -4.70. The van der Waals surface area contributed by atoms with Gasteiger partial charge in [-0.15, -0.1) is 0 Å². The molecule has 172 valence electrons. The minimum Gasteiger partial charge on any atom is -0.344 e. The van der Waals surface area contributed by atoms with E-state index in [9.17, 15) is 23.2 Å². The van der Waals surface area contributed by atoms with E-state index < -0.39 is 29.1 Å². The second-order valence-corrected chi connectivity index (χ2v) is 7.92. The van der Waals surface area contributed by atoms with Crippen LogP contribution in [-0.4, -0.2) is 25.8 Å². The molecule has 11 heteroatoms. The van der Waals surface area contributed by atoms with E-state index in [2.05, 4.69) is 25.3 Å². The molecule has 3 rings (SSSR count). The molecule has 0 spiro atoms. The number of carbonyl (C=O) groups excluding carboxylic acids is 1. The van der Waals surface area contributed by atoms with Crippen molar-refractivity contribution in [1.29, 1.82) is 10.5 Å². The van der Waals surface area contributed by atoms with Gasteiger partial charge >= 0.3 is 6.18 Å². The standard InChI is InChI=1S/C23H18F3N7O/c1-13(19-20(30-5-4-29-19)18-11-31-17(9-27)10-32-18)33-21(34)14-6-15(22(2,3)12-28)8-16(7-14)23(24,25)26/h4-8,10-11,13H,1-3H3,(H,33,34). The second kappa shape index (κ2) is 9.24. The number of hydrogen-bond donors (Lipinski definition) is 1. The lowest BCUT2D eigenvalue weighted by Crippen LogP contribution is -2.29. The van der Waals surface area contributed by atoms with Crippen LogP contribution in [0.4, 0.5) is 13.2 Å². The predicted molar refractivity (Wildman–Crippen MR) is 114 cm³/mol. The van der Waals surface area contributed by atoms with Crippen LogP contribution < -0.4 is 5.32 Å². The highest BCUT2D eigenvalue weighted by molar-refractivity contribution is 5.95. The normalized spacial score (nSPS) is 12.4. The number of rotatable bonds is 5. The zero-order chi connectivity index (χ0) is 25.1. The highest BCUT2D eigenvalue weighted by Crippen LogP contribution is 2.34. The molecule has 1 amide bonds. The Kier molecular flexibility index (Phi) is 6.59. The predicted octanol–water partition coefficient (Wildman–Crippen LogP) is 4.12. The summed E-state index contributed by atoms with van der Waals surface area (Å²) >= 11 is 0. The largest absolute Gasteiger partial charge is 0.416 e. The SMILES string of the molecule is CC(NC(=O)c1cc(C(F)(F)F)cc(C(C)(C)C#N)c1)c1nccnc1-c1cnc(C#N)cn1. The number of amides is 1. The van der Waals surface area contributed by atoms with Gasteiger partial charge in [-0.25, -0.2) is 9.97 Å². The number of nitrogens with zero attached hydrogens (tertiary/aromatic N) is 6. The van der Waals surface area contributed by atoms with E-state index in [1.54, 1.807) is 6.92 Å². The summed E-state index contributed by atoms with van der Waals surface area (Å²) in [5, 5.41) is 20.9. The van der Waals surface area contributed by atoms with Gasteiger partial charge in [0.25, 0.3) is 5.91 Å². The molecule has 0 saturated heterocycles. The molecule has 2 aromatic heterocycles. The first-order valence-corrected chi connectivity index (χ1v) is 9.94. The molecule has 3 aromatic rings. The fourth-order valence-corrected chi connectivity index (χ4v) is 3.07. The van der Waals surface area contributed by atoms with Crippen molar-refractivity contribution in [2.75, 3.05) is 0 Å². The maximum atomic E-state index is 13.5. The van der Waals surface area contributed by atoms with Gasteiger partial charge < -0.3 is 5.32 Å². The van der Waals surface area contributed by atoms with E-state index >= 15 is 0 Å². The van der Waals surface area contributed by atoms with Crippen molar-refractivity contribution in [3.8, 4) is 23.5 Å². The number of hydrogen-bond acceptors (Lipinski definition) is 7. The summed E-state index contributed by atoms with van der Waals surface area (Å²) in [6, 6.07) is 5.91. The molecule has 34 heavy (non-hydrogen) atoms. The number of alkyl halides is 3. The summed E-state index contributed by atoms with van der Waals surface area (Å²) in [4.78, 5) is 29.5. The summed E-state index contributed by atoms with van der Waals surface area (Å²) in [5.41, 5.74) is -1.44. The van der Waals surface area contributed by atoms with Crippen LogP contribution in [0.25, 0.3) is 11.4 Å². The lowest BCUT2D eigenvalue weighted by molar-refractivity contribution is -0.137. The zero-order valence-corrected chi connectivity index (χ0v) is 18.3. The molecule has 1 aromatic carbocycles. The third-order valence-electron chi connectivity index (χ3n) is 5.02. The maximum absolute atomic E-state index is 13.5. The fourth-order valence-electron chi connectivity index (χ4n) is 3.07. The molecular formula is C23H18F3N7O. The summed E-state index contributed by atoms with van der Waals surface area (Å²) in [7, 11) is 0. The zero-order valence-electron chi connectivity index (χ0n) is 18.3. The Hall–Kier alpha value is -4.38. The van der Waals surface area contributed by atoms with Crippen molar-refractivity contribution in [2.45, 2.75) is 38.4 Å². The van der Waals surface area contributed by atoms with Crippen molar-refractivity contribution in [3.63, 3.8) is 0 Å². The molecule has 1 N–H and O–H groups in total. The molecular weight excluding hydrogens is 447 g/mol. The molecule has 0 aliphatic heterocycles. The van der Waals surface area contributed by atoms with Crippen molar-refractivity contribution in [2.24, 2.45) is 0 Å². The van der Waals surface area contributed by atoms with Crippen LogP contribution in [0.2, 0.25) is 0 Å². The molecule has 0 aliphatic rings. The Morgan fingerprint density at radius 1 is 1.00 bits per heavy atom. The summed E-state index contributed by atoms with van der Waals surface area (Å²) in [5.74, 6) is -0.781. The van der Waals surface area contributed by atoms with Crippen LogP contribution >= 0.6 is 0 Å². The lowest BCUT2D eigenvalue weighted by Gasteiger charge is -2.20. The van der Waals surface area contributed by atoms with E-state index in [1.165, 1.54) is 44.7 Å². The van der Waals surface area contributed by atoms with Crippen molar-refractivity contribution < 1.29 is 18.0 Å². The smallest absolute Gasteiger partial charge is 0.344 e. The first-order chi connectivity index (χ1) is 16.0. The number of aromatic nitrogens is 4. The Morgan fingerprint density at radius 3 is 2.26 bits per heavy atom. The van der Waals surface area contributed by atoms with Crippen LogP contribution in [0.5, 0.6) is 0 Å². The van der Waals surface area contributed by atoms with E-state index in [0.717, 1.165) is 12.1 Å².